The van der Waals surface area contributed by atoms with Crippen LogP contribution in [-0.4, -0.2) is 47.2 Å². The van der Waals surface area contributed by atoms with Gasteiger partial charge in [-0.25, -0.2) is 4.99 Å². The van der Waals surface area contributed by atoms with Crippen LogP contribution in [0.25, 0.3) is 0 Å². The molecule has 1 atom stereocenters. The van der Waals surface area contributed by atoms with Crippen LogP contribution in [0.4, 0.5) is 0 Å². The lowest BCUT2D eigenvalue weighted by Gasteiger charge is -2.25. The Morgan fingerprint density at radius 2 is 2.00 bits per heavy atom. The zero-order valence-electron chi connectivity index (χ0n) is 15.9. The molecule has 3 N–H and O–H groups in total. The molecule has 1 aromatic heterocycles. The number of halogens is 1. The Morgan fingerprint density at radius 3 is 2.65 bits per heavy atom. The highest BCUT2D eigenvalue weighted by molar-refractivity contribution is 14.0. The summed E-state index contributed by atoms with van der Waals surface area (Å²) >= 11 is 0. The van der Waals surface area contributed by atoms with Crippen molar-refractivity contribution in [3.05, 3.63) is 53.9 Å². The zero-order chi connectivity index (χ0) is 17.9. The van der Waals surface area contributed by atoms with Crippen LogP contribution in [0.2, 0.25) is 0 Å². The Morgan fingerprint density at radius 1 is 1.23 bits per heavy atom. The number of H-pyrrole nitrogens is 1. The summed E-state index contributed by atoms with van der Waals surface area (Å²) in [6.45, 7) is 7.63. The smallest absolute Gasteiger partial charge is 0.191 e. The molecule has 0 saturated carbocycles. The molecule has 1 unspecified atom stereocenters. The maximum Gasteiger partial charge on any atom is 0.191 e. The first-order chi connectivity index (χ1) is 12.2. The van der Waals surface area contributed by atoms with Gasteiger partial charge in [0.05, 0.1) is 12.2 Å². The summed E-state index contributed by atoms with van der Waals surface area (Å²) in [5, 5.41) is 13.6. The Balaban J connectivity index is 0.00000338. The van der Waals surface area contributed by atoms with E-state index in [2.05, 4.69) is 82.0 Å². The molecule has 0 bridgehead atoms. The van der Waals surface area contributed by atoms with Crippen molar-refractivity contribution in [3.8, 4) is 0 Å². The quantitative estimate of drug-likeness (QED) is 0.300. The maximum absolute atomic E-state index is 4.57. The normalized spacial score (nSPS) is 12.5. The van der Waals surface area contributed by atoms with Crippen LogP contribution in [0.15, 0.2) is 47.6 Å². The molecule has 144 valence electrons. The summed E-state index contributed by atoms with van der Waals surface area (Å²) in [7, 11) is 2.18. The molecular formula is C19H31IN6. The molecule has 0 aliphatic heterocycles. The molecule has 0 radical (unpaired) electrons. The van der Waals surface area contributed by atoms with E-state index in [0.717, 1.165) is 37.7 Å². The van der Waals surface area contributed by atoms with Gasteiger partial charge in [-0.05, 0) is 38.9 Å². The molecule has 0 saturated heterocycles. The molecule has 0 amide bonds. The van der Waals surface area contributed by atoms with Crippen molar-refractivity contribution in [1.82, 2.24) is 25.7 Å². The minimum absolute atomic E-state index is 0. The van der Waals surface area contributed by atoms with Crippen LogP contribution < -0.4 is 10.6 Å². The van der Waals surface area contributed by atoms with Gasteiger partial charge >= 0.3 is 0 Å². The molecule has 0 fully saturated rings. The Labute approximate surface area is 173 Å². The second-order valence-corrected chi connectivity index (χ2v) is 6.24. The number of rotatable bonds is 9. The number of nitrogens with zero attached hydrogens (tertiary/aromatic N) is 3. The first-order valence-corrected chi connectivity index (χ1v) is 8.93. The second-order valence-electron chi connectivity index (χ2n) is 6.24. The fraction of sp³-hybridized carbons (Fsp3) is 0.474. The van der Waals surface area contributed by atoms with E-state index in [0.29, 0.717) is 12.6 Å². The van der Waals surface area contributed by atoms with Crippen LogP contribution in [0, 0.1) is 0 Å². The van der Waals surface area contributed by atoms with E-state index in [9.17, 15) is 0 Å². The molecule has 1 aromatic carbocycles. The van der Waals surface area contributed by atoms with Crippen LogP contribution in [0.5, 0.6) is 0 Å². The fourth-order valence-corrected chi connectivity index (χ4v) is 2.53. The molecule has 6 nitrogen and oxygen atoms in total. The number of nitrogens with one attached hydrogen (secondary N) is 3. The van der Waals surface area contributed by atoms with Crippen molar-refractivity contribution in [3.63, 3.8) is 0 Å². The molecule has 1 heterocycles. The van der Waals surface area contributed by atoms with Gasteiger partial charge in [-0.15, -0.1) is 24.0 Å². The monoisotopic (exact) mass is 470 g/mol. The van der Waals surface area contributed by atoms with E-state index in [4.69, 9.17) is 0 Å². The summed E-state index contributed by atoms with van der Waals surface area (Å²) < 4.78 is 0. The SMILES string of the molecule is CCNC(=NCc1ccn[nH]1)NCCC(C)N(C)Cc1ccccc1.I. The fourth-order valence-electron chi connectivity index (χ4n) is 2.53. The van der Waals surface area contributed by atoms with E-state index in [1.54, 1.807) is 6.20 Å². The van der Waals surface area contributed by atoms with Gasteiger partial charge < -0.3 is 10.6 Å². The Kier molecular flexibility index (Phi) is 11.0. The Bertz CT molecular complexity index is 614. The molecule has 0 aliphatic carbocycles. The number of aliphatic imine (C=N–C) groups is 1. The lowest BCUT2D eigenvalue weighted by Crippen LogP contribution is -2.40. The van der Waals surface area contributed by atoms with E-state index in [-0.39, 0.29) is 24.0 Å². The van der Waals surface area contributed by atoms with Gasteiger partial charge in [0.15, 0.2) is 5.96 Å². The summed E-state index contributed by atoms with van der Waals surface area (Å²) in [6, 6.07) is 13.0. The average molecular weight is 470 g/mol. The molecule has 7 heteroatoms. The number of aromatic nitrogens is 2. The van der Waals surface area contributed by atoms with Gasteiger partial charge in [0.2, 0.25) is 0 Å². The lowest BCUT2D eigenvalue weighted by atomic mass is 10.1. The van der Waals surface area contributed by atoms with E-state index < -0.39 is 0 Å². The van der Waals surface area contributed by atoms with E-state index in [1.807, 2.05) is 6.07 Å². The Hall–Kier alpha value is -1.61. The molecule has 0 spiro atoms. The van der Waals surface area contributed by atoms with Gasteiger partial charge in [0.25, 0.3) is 0 Å². The lowest BCUT2D eigenvalue weighted by molar-refractivity contribution is 0.238. The third-order valence-electron chi connectivity index (χ3n) is 4.19. The van der Waals surface area contributed by atoms with Crippen molar-refractivity contribution in [2.24, 2.45) is 4.99 Å². The summed E-state index contributed by atoms with van der Waals surface area (Å²) in [6.07, 6.45) is 2.80. The highest BCUT2D eigenvalue weighted by Crippen LogP contribution is 2.07. The third kappa shape index (κ3) is 8.18. The topological polar surface area (TPSA) is 68.3 Å². The second kappa shape index (κ2) is 12.7. The predicted molar refractivity (Wildman–Crippen MR) is 119 cm³/mol. The molecule has 2 rings (SSSR count). The number of hydrogen-bond acceptors (Lipinski definition) is 3. The maximum atomic E-state index is 4.57. The molecular weight excluding hydrogens is 439 g/mol. The number of guanidine groups is 1. The standard InChI is InChI=1S/C19H30N6.HI/c1-4-20-19(22-14-18-11-13-23-24-18)21-12-10-16(2)25(3)15-17-8-6-5-7-9-17;/h5-9,11,13,16H,4,10,12,14-15H2,1-3H3,(H,23,24)(H2,20,21,22);1H. The van der Waals surface area contributed by atoms with Crippen LogP contribution in [-0.2, 0) is 13.1 Å². The van der Waals surface area contributed by atoms with Crippen molar-refractivity contribution in [2.45, 2.75) is 39.4 Å². The number of benzene rings is 1. The van der Waals surface area contributed by atoms with E-state index in [1.165, 1.54) is 5.56 Å². The van der Waals surface area contributed by atoms with Crippen molar-refractivity contribution in [2.75, 3.05) is 20.1 Å². The zero-order valence-corrected chi connectivity index (χ0v) is 18.2. The molecule has 0 aliphatic rings. The van der Waals surface area contributed by atoms with Gasteiger partial charge in [-0.1, -0.05) is 30.3 Å². The largest absolute Gasteiger partial charge is 0.357 e. The highest BCUT2D eigenvalue weighted by Gasteiger charge is 2.09. The van der Waals surface area contributed by atoms with Crippen LogP contribution in [0.3, 0.4) is 0 Å². The van der Waals surface area contributed by atoms with Crippen LogP contribution >= 0.6 is 24.0 Å². The van der Waals surface area contributed by atoms with E-state index >= 15 is 0 Å². The number of aromatic amines is 1. The number of hydrogen-bond donors (Lipinski definition) is 3. The highest BCUT2D eigenvalue weighted by atomic mass is 127. The van der Waals surface area contributed by atoms with Gasteiger partial charge in [0, 0.05) is 31.9 Å². The average Bonchev–Trinajstić information content (AvgIpc) is 3.14. The minimum Gasteiger partial charge on any atom is -0.357 e. The summed E-state index contributed by atoms with van der Waals surface area (Å²) in [5.74, 6) is 0.843. The third-order valence-corrected chi connectivity index (χ3v) is 4.19. The van der Waals surface area contributed by atoms with Gasteiger partial charge in [-0.3, -0.25) is 10.00 Å². The summed E-state index contributed by atoms with van der Waals surface area (Å²) in [4.78, 5) is 6.96. The van der Waals surface area contributed by atoms with Gasteiger partial charge in [-0.2, -0.15) is 5.10 Å². The molecule has 26 heavy (non-hydrogen) atoms. The first-order valence-electron chi connectivity index (χ1n) is 8.93. The minimum atomic E-state index is 0. The molecule has 2 aromatic rings. The van der Waals surface area contributed by atoms with Crippen molar-refractivity contribution in [1.29, 1.82) is 0 Å². The first kappa shape index (κ1) is 22.4. The van der Waals surface area contributed by atoms with Gasteiger partial charge in [0.1, 0.15) is 0 Å². The van der Waals surface area contributed by atoms with Crippen LogP contribution in [0.1, 0.15) is 31.5 Å². The van der Waals surface area contributed by atoms with Crippen molar-refractivity contribution < 1.29 is 0 Å². The predicted octanol–water partition coefficient (Wildman–Crippen LogP) is 2.99. The van der Waals surface area contributed by atoms with Crippen molar-refractivity contribution >= 4 is 29.9 Å². The summed E-state index contributed by atoms with van der Waals surface area (Å²) in [5.41, 5.74) is 2.35.